The average Bonchev–Trinajstić information content (AvgIpc) is 3.39. The number of nitrogens with zero attached hydrogens (tertiary/aromatic N) is 5. The summed E-state index contributed by atoms with van der Waals surface area (Å²) in [4.78, 5) is 33.2. The number of nitriles is 1. The minimum absolute atomic E-state index is 0.0807. The van der Waals surface area contributed by atoms with Gasteiger partial charge in [-0.05, 0) is 32.3 Å². The topological polar surface area (TPSA) is 90.9 Å². The van der Waals surface area contributed by atoms with Crippen LogP contribution in [0.4, 0.5) is 4.39 Å². The van der Waals surface area contributed by atoms with Crippen LogP contribution in [0.25, 0.3) is 5.65 Å². The van der Waals surface area contributed by atoms with Gasteiger partial charge < -0.3 is 17.3 Å². The molecular formula is C21H23FIN5O3. The highest BCUT2D eigenvalue weighted by molar-refractivity contribution is 14.1. The molecule has 1 aliphatic heterocycles. The fourth-order valence-corrected chi connectivity index (χ4v) is 4.56. The molecule has 0 radical (unpaired) electrons. The standard InChI is InChI=1S/C21H23FIN5O3/c1-12(20(29)28-8-13(11-31-23)5-16(28)7-24)26(2)21(30)15-6-17(22)19-25-18(14-3-4-14)10-27(19)9-15/h6,9-10,12-14,16H,3-5,8,11H2,1-2H3. The summed E-state index contributed by atoms with van der Waals surface area (Å²) in [7, 11) is 1.51. The van der Waals surface area contributed by atoms with Gasteiger partial charge in [0, 0.05) is 37.8 Å². The summed E-state index contributed by atoms with van der Waals surface area (Å²) in [6, 6.07) is 1.98. The van der Waals surface area contributed by atoms with Crippen molar-refractivity contribution in [3.63, 3.8) is 0 Å². The zero-order valence-electron chi connectivity index (χ0n) is 17.3. The molecule has 2 amide bonds. The minimum atomic E-state index is -0.800. The summed E-state index contributed by atoms with van der Waals surface area (Å²) in [5.74, 6) is -0.900. The van der Waals surface area contributed by atoms with Gasteiger partial charge in [0.1, 0.15) is 35.1 Å². The number of fused-ring (bicyclic) bond motifs is 1. The first kappa shape index (κ1) is 22.0. The van der Waals surface area contributed by atoms with Gasteiger partial charge >= 0.3 is 0 Å². The summed E-state index contributed by atoms with van der Waals surface area (Å²) in [5, 5.41) is 9.44. The van der Waals surface area contributed by atoms with Gasteiger partial charge in [-0.3, -0.25) is 9.59 Å². The van der Waals surface area contributed by atoms with Crippen LogP contribution in [0.5, 0.6) is 0 Å². The number of imidazole rings is 1. The Hall–Kier alpha value is -2.26. The number of pyridine rings is 1. The summed E-state index contributed by atoms with van der Waals surface area (Å²) in [5.41, 5.74) is 1.17. The lowest BCUT2D eigenvalue weighted by atomic mass is 10.1. The van der Waals surface area contributed by atoms with Crippen molar-refractivity contribution in [2.24, 2.45) is 5.92 Å². The molecule has 3 atom stereocenters. The van der Waals surface area contributed by atoms with Crippen molar-refractivity contribution in [1.29, 1.82) is 5.26 Å². The van der Waals surface area contributed by atoms with E-state index >= 15 is 0 Å². The van der Waals surface area contributed by atoms with E-state index in [9.17, 15) is 19.2 Å². The average molecular weight is 539 g/mol. The van der Waals surface area contributed by atoms with Crippen molar-refractivity contribution in [2.45, 2.75) is 44.2 Å². The fourth-order valence-electron chi connectivity index (χ4n) is 4.05. The minimum Gasteiger partial charge on any atom is -0.330 e. The van der Waals surface area contributed by atoms with Crippen LogP contribution in [0.3, 0.4) is 0 Å². The molecule has 2 fully saturated rings. The molecule has 0 bridgehead atoms. The van der Waals surface area contributed by atoms with Crippen molar-refractivity contribution in [3.05, 3.63) is 35.5 Å². The van der Waals surface area contributed by atoms with E-state index in [-0.39, 0.29) is 23.0 Å². The second-order valence-electron chi connectivity index (χ2n) is 8.35. The zero-order chi connectivity index (χ0) is 22.3. The summed E-state index contributed by atoms with van der Waals surface area (Å²) >= 11 is 1.80. The quantitative estimate of drug-likeness (QED) is 0.527. The number of amides is 2. The van der Waals surface area contributed by atoms with Gasteiger partial charge in [-0.1, -0.05) is 0 Å². The predicted octanol–water partition coefficient (Wildman–Crippen LogP) is 2.92. The number of likely N-dealkylation sites (N-methyl/N-ethyl adjacent to an activating group) is 1. The molecule has 0 spiro atoms. The van der Waals surface area contributed by atoms with E-state index in [1.807, 2.05) is 0 Å². The second kappa shape index (κ2) is 8.70. The highest BCUT2D eigenvalue weighted by Crippen LogP contribution is 2.39. The lowest BCUT2D eigenvalue weighted by molar-refractivity contribution is -0.135. The number of aromatic nitrogens is 2. The summed E-state index contributed by atoms with van der Waals surface area (Å²) < 4.78 is 21.3. The van der Waals surface area contributed by atoms with E-state index in [0.29, 0.717) is 25.5 Å². The van der Waals surface area contributed by atoms with Gasteiger partial charge in [0.25, 0.3) is 5.91 Å². The van der Waals surface area contributed by atoms with Crippen LogP contribution in [0.1, 0.15) is 48.2 Å². The van der Waals surface area contributed by atoms with Crippen LogP contribution in [0.2, 0.25) is 0 Å². The van der Waals surface area contributed by atoms with Gasteiger partial charge in [-0.15, -0.1) is 0 Å². The Balaban J connectivity index is 1.52. The summed E-state index contributed by atoms with van der Waals surface area (Å²) in [6.07, 6.45) is 5.95. The van der Waals surface area contributed by atoms with Crippen LogP contribution in [0.15, 0.2) is 18.5 Å². The lowest BCUT2D eigenvalue weighted by Crippen LogP contribution is -2.49. The van der Waals surface area contributed by atoms with Gasteiger partial charge in [0.05, 0.1) is 23.9 Å². The Morgan fingerprint density at radius 3 is 2.84 bits per heavy atom. The Morgan fingerprint density at radius 1 is 1.45 bits per heavy atom. The van der Waals surface area contributed by atoms with E-state index in [2.05, 4.69) is 11.1 Å². The fraction of sp³-hybridized carbons (Fsp3) is 0.524. The van der Waals surface area contributed by atoms with Crippen molar-refractivity contribution in [3.8, 4) is 6.07 Å². The van der Waals surface area contributed by atoms with Crippen molar-refractivity contribution in [1.82, 2.24) is 19.2 Å². The molecule has 4 rings (SSSR count). The third-order valence-corrected chi connectivity index (χ3v) is 6.50. The van der Waals surface area contributed by atoms with Gasteiger partial charge in [0.15, 0.2) is 11.5 Å². The largest absolute Gasteiger partial charge is 0.330 e. The monoisotopic (exact) mass is 539 g/mol. The molecule has 3 unspecified atom stereocenters. The predicted molar refractivity (Wildman–Crippen MR) is 118 cm³/mol. The number of hydrogen-bond donors (Lipinski definition) is 0. The molecule has 0 N–H and O–H groups in total. The first-order chi connectivity index (χ1) is 14.8. The normalized spacial score (nSPS) is 21.8. The van der Waals surface area contributed by atoms with Gasteiger partial charge in [0.2, 0.25) is 5.91 Å². The molecule has 2 aliphatic rings. The number of hydrogen-bond acceptors (Lipinski definition) is 5. The number of carbonyl (C=O) groups is 2. The Kier molecular flexibility index (Phi) is 6.16. The van der Waals surface area contributed by atoms with E-state index in [0.717, 1.165) is 24.6 Å². The van der Waals surface area contributed by atoms with Crippen LogP contribution < -0.4 is 0 Å². The molecular weight excluding hydrogens is 516 g/mol. The molecule has 164 valence electrons. The molecule has 31 heavy (non-hydrogen) atoms. The van der Waals surface area contributed by atoms with Gasteiger partial charge in [-0.2, -0.15) is 5.26 Å². The molecule has 1 aliphatic carbocycles. The molecule has 8 nitrogen and oxygen atoms in total. The molecule has 10 heteroatoms. The van der Waals surface area contributed by atoms with Crippen molar-refractivity contribution >= 4 is 40.5 Å². The van der Waals surface area contributed by atoms with Crippen LogP contribution >= 0.6 is 23.0 Å². The maximum atomic E-state index is 14.6. The summed E-state index contributed by atoms with van der Waals surface area (Å²) in [6.45, 7) is 2.48. The second-order valence-corrected chi connectivity index (χ2v) is 8.98. The lowest BCUT2D eigenvalue weighted by Gasteiger charge is -2.29. The van der Waals surface area contributed by atoms with E-state index < -0.39 is 23.8 Å². The number of carbonyl (C=O) groups excluding carboxylic acids is 2. The SMILES string of the molecule is CC(C(=O)N1CC(COI)CC1C#N)N(C)C(=O)c1cc(F)c2nc(C3CC3)cn2c1. The van der Waals surface area contributed by atoms with Crippen LogP contribution in [0, 0.1) is 23.1 Å². The first-order valence-corrected chi connectivity index (χ1v) is 11.1. The van der Waals surface area contributed by atoms with Crippen LogP contribution in [-0.2, 0) is 7.86 Å². The molecule has 0 aromatic carbocycles. The molecule has 3 heterocycles. The first-order valence-electron chi connectivity index (χ1n) is 10.2. The number of likely N-dealkylation sites (tertiary alicyclic amines) is 1. The Morgan fingerprint density at radius 2 is 2.19 bits per heavy atom. The Bertz CT molecular complexity index is 1060. The molecule has 1 saturated carbocycles. The number of halogens is 2. The highest BCUT2D eigenvalue weighted by Gasteiger charge is 2.39. The molecule has 2 aromatic rings. The maximum absolute atomic E-state index is 14.6. The van der Waals surface area contributed by atoms with Crippen molar-refractivity contribution < 1.29 is 17.0 Å². The molecule has 1 saturated heterocycles. The van der Waals surface area contributed by atoms with Gasteiger partial charge in [-0.25, -0.2) is 9.37 Å². The maximum Gasteiger partial charge on any atom is 0.255 e. The highest BCUT2D eigenvalue weighted by atomic mass is 127. The molecule has 2 aromatic heterocycles. The Labute approximate surface area is 193 Å². The van der Waals surface area contributed by atoms with E-state index in [4.69, 9.17) is 3.07 Å². The third kappa shape index (κ3) is 4.25. The number of rotatable bonds is 6. The van der Waals surface area contributed by atoms with E-state index in [1.165, 1.54) is 21.2 Å². The van der Waals surface area contributed by atoms with Crippen molar-refractivity contribution in [2.75, 3.05) is 20.2 Å². The van der Waals surface area contributed by atoms with Crippen LogP contribution in [-0.4, -0.2) is 63.3 Å². The van der Waals surface area contributed by atoms with E-state index in [1.54, 1.807) is 42.3 Å². The third-order valence-electron chi connectivity index (χ3n) is 6.14. The zero-order valence-corrected chi connectivity index (χ0v) is 19.5. The smallest absolute Gasteiger partial charge is 0.255 e.